The van der Waals surface area contributed by atoms with Crippen molar-refractivity contribution >= 4 is 23.0 Å². The number of aliphatic hydroxyl groups is 1. The fourth-order valence-electron chi connectivity index (χ4n) is 4.71. The highest BCUT2D eigenvalue weighted by molar-refractivity contribution is 14.1. The Hall–Kier alpha value is 0.650. The van der Waals surface area contributed by atoms with E-state index in [9.17, 15) is 5.11 Å². The van der Waals surface area contributed by atoms with Crippen LogP contribution in [0.25, 0.3) is 0 Å². The van der Waals surface area contributed by atoms with Crippen molar-refractivity contribution in [1.29, 1.82) is 0 Å². The average molecular weight is 394 g/mol. The van der Waals surface area contributed by atoms with E-state index in [4.69, 9.17) is 3.07 Å². The molecule has 0 radical (unpaired) electrons. The Morgan fingerprint density at radius 2 is 2.00 bits per heavy atom. The normalized spacial score (nSPS) is 38.0. The van der Waals surface area contributed by atoms with Gasteiger partial charge in [0.25, 0.3) is 0 Å². The van der Waals surface area contributed by atoms with Crippen LogP contribution in [0.2, 0.25) is 0 Å². The van der Waals surface area contributed by atoms with E-state index in [2.05, 4.69) is 20.8 Å². The smallest absolute Gasteiger partial charge is 0.110 e. The zero-order valence-corrected chi connectivity index (χ0v) is 15.5. The van der Waals surface area contributed by atoms with Crippen LogP contribution in [0.15, 0.2) is 0 Å². The lowest BCUT2D eigenvalue weighted by molar-refractivity contribution is -0.0188. The predicted octanol–water partition coefficient (Wildman–Crippen LogP) is 5.27. The zero-order chi connectivity index (χ0) is 14.8. The van der Waals surface area contributed by atoms with Crippen LogP contribution in [0, 0.1) is 17.3 Å². The van der Waals surface area contributed by atoms with Gasteiger partial charge < -0.3 is 8.17 Å². The topological polar surface area (TPSA) is 29.5 Å². The minimum Gasteiger partial charge on any atom is -0.393 e. The quantitative estimate of drug-likeness (QED) is 0.491. The van der Waals surface area contributed by atoms with Gasteiger partial charge in [-0.2, -0.15) is 0 Å². The third-order valence-electron chi connectivity index (χ3n) is 6.08. The molecule has 0 aromatic carbocycles. The molecule has 2 aliphatic carbocycles. The Bertz CT molecular complexity index is 318. The van der Waals surface area contributed by atoms with Gasteiger partial charge in [-0.1, -0.05) is 26.2 Å². The fourth-order valence-corrected chi connectivity index (χ4v) is 4.93. The molecular formula is C17H31IO2. The van der Waals surface area contributed by atoms with Gasteiger partial charge in [0.15, 0.2) is 0 Å². The third kappa shape index (κ3) is 3.70. The molecule has 2 rings (SSSR count). The van der Waals surface area contributed by atoms with E-state index in [0.29, 0.717) is 11.3 Å². The van der Waals surface area contributed by atoms with Gasteiger partial charge in [0.1, 0.15) is 23.0 Å². The summed E-state index contributed by atoms with van der Waals surface area (Å²) < 4.78 is 5.47. The number of halogens is 1. The molecule has 2 saturated carbocycles. The summed E-state index contributed by atoms with van der Waals surface area (Å²) in [4.78, 5) is 0. The molecule has 0 heterocycles. The SMILES string of the molecule is CC(C)(CCCCC1CCC2C(O)CCCC12C)OI. The highest BCUT2D eigenvalue weighted by Crippen LogP contribution is 2.56. The summed E-state index contributed by atoms with van der Waals surface area (Å²) >= 11 is 2.02. The molecule has 2 aliphatic rings. The summed E-state index contributed by atoms with van der Waals surface area (Å²) in [7, 11) is 0. The van der Waals surface area contributed by atoms with Crippen LogP contribution >= 0.6 is 23.0 Å². The van der Waals surface area contributed by atoms with Gasteiger partial charge in [-0.25, -0.2) is 0 Å². The van der Waals surface area contributed by atoms with Gasteiger partial charge in [-0.05, 0) is 69.6 Å². The van der Waals surface area contributed by atoms with Crippen LogP contribution in [-0.4, -0.2) is 16.8 Å². The summed E-state index contributed by atoms with van der Waals surface area (Å²) in [5.74, 6) is 1.42. The van der Waals surface area contributed by atoms with Gasteiger partial charge in [0.05, 0.1) is 11.7 Å². The lowest BCUT2D eigenvalue weighted by atomic mass is 9.63. The molecule has 1 N–H and O–H groups in total. The van der Waals surface area contributed by atoms with E-state index < -0.39 is 0 Å². The predicted molar refractivity (Wildman–Crippen MR) is 91.8 cm³/mol. The fraction of sp³-hybridized carbons (Fsp3) is 1.00. The van der Waals surface area contributed by atoms with Crippen molar-refractivity contribution < 1.29 is 8.17 Å². The number of hydrogen-bond acceptors (Lipinski definition) is 2. The van der Waals surface area contributed by atoms with Crippen molar-refractivity contribution in [3.8, 4) is 0 Å². The second-order valence-corrected chi connectivity index (χ2v) is 8.37. The minimum absolute atomic E-state index is 0.0176. The van der Waals surface area contributed by atoms with E-state index in [0.717, 1.165) is 18.8 Å². The summed E-state index contributed by atoms with van der Waals surface area (Å²) in [5.41, 5.74) is 0.441. The lowest BCUT2D eigenvalue weighted by Gasteiger charge is -2.43. The van der Waals surface area contributed by atoms with Gasteiger partial charge in [0, 0.05) is 0 Å². The van der Waals surface area contributed by atoms with Crippen molar-refractivity contribution in [1.82, 2.24) is 0 Å². The van der Waals surface area contributed by atoms with Crippen LogP contribution in [0.3, 0.4) is 0 Å². The van der Waals surface area contributed by atoms with E-state index in [1.165, 1.54) is 44.9 Å². The van der Waals surface area contributed by atoms with Gasteiger partial charge in [-0.3, -0.25) is 0 Å². The molecule has 0 aromatic rings. The monoisotopic (exact) mass is 394 g/mol. The van der Waals surface area contributed by atoms with Crippen LogP contribution < -0.4 is 0 Å². The molecule has 0 bridgehead atoms. The second-order valence-electron chi connectivity index (χ2n) is 7.93. The van der Waals surface area contributed by atoms with E-state index >= 15 is 0 Å². The molecule has 118 valence electrons. The number of aliphatic hydroxyl groups excluding tert-OH is 1. The van der Waals surface area contributed by atoms with Crippen LogP contribution in [-0.2, 0) is 3.07 Å². The summed E-state index contributed by atoms with van der Waals surface area (Å²) in [6.07, 6.45) is 11.2. The number of hydrogen-bond donors (Lipinski definition) is 1. The molecule has 0 saturated heterocycles. The maximum atomic E-state index is 10.3. The summed E-state index contributed by atoms with van der Waals surface area (Å²) in [5, 5.41) is 10.3. The minimum atomic E-state index is -0.0231. The highest BCUT2D eigenvalue weighted by atomic mass is 127. The van der Waals surface area contributed by atoms with Crippen molar-refractivity contribution in [3.63, 3.8) is 0 Å². The summed E-state index contributed by atoms with van der Waals surface area (Å²) in [6, 6.07) is 0. The molecule has 2 fully saturated rings. The highest BCUT2D eigenvalue weighted by Gasteiger charge is 2.50. The Labute approximate surface area is 138 Å². The van der Waals surface area contributed by atoms with Crippen molar-refractivity contribution in [3.05, 3.63) is 0 Å². The maximum Gasteiger partial charge on any atom is 0.110 e. The van der Waals surface area contributed by atoms with Crippen molar-refractivity contribution in [2.24, 2.45) is 17.3 Å². The molecular weight excluding hydrogens is 363 g/mol. The third-order valence-corrected chi connectivity index (χ3v) is 7.27. The van der Waals surface area contributed by atoms with E-state index in [-0.39, 0.29) is 11.7 Å². The van der Waals surface area contributed by atoms with Gasteiger partial charge >= 0.3 is 0 Å². The second kappa shape index (κ2) is 6.82. The van der Waals surface area contributed by atoms with Crippen LogP contribution in [0.5, 0.6) is 0 Å². The van der Waals surface area contributed by atoms with Gasteiger partial charge in [-0.15, -0.1) is 0 Å². The largest absolute Gasteiger partial charge is 0.393 e. The first-order chi connectivity index (χ1) is 9.39. The molecule has 0 aromatic heterocycles. The molecule has 4 atom stereocenters. The van der Waals surface area contributed by atoms with E-state index in [1.807, 2.05) is 23.0 Å². The molecule has 4 unspecified atom stereocenters. The number of rotatable bonds is 6. The first-order valence-electron chi connectivity index (χ1n) is 8.37. The maximum absolute atomic E-state index is 10.3. The molecule has 2 nitrogen and oxygen atoms in total. The number of unbranched alkanes of at least 4 members (excludes halogenated alkanes) is 1. The summed E-state index contributed by atoms with van der Waals surface area (Å²) in [6.45, 7) is 6.79. The molecule has 20 heavy (non-hydrogen) atoms. The van der Waals surface area contributed by atoms with Gasteiger partial charge in [0.2, 0.25) is 0 Å². The Morgan fingerprint density at radius 1 is 1.25 bits per heavy atom. The van der Waals surface area contributed by atoms with Crippen LogP contribution in [0.1, 0.15) is 78.6 Å². The Kier molecular flexibility index (Phi) is 5.80. The van der Waals surface area contributed by atoms with Crippen molar-refractivity contribution in [2.75, 3.05) is 0 Å². The molecule has 0 spiro atoms. The first kappa shape index (κ1) is 17.0. The molecule has 0 amide bonds. The molecule has 3 heteroatoms. The zero-order valence-electron chi connectivity index (χ0n) is 13.3. The molecule has 0 aliphatic heterocycles. The van der Waals surface area contributed by atoms with E-state index in [1.54, 1.807) is 0 Å². The Balaban J connectivity index is 1.79. The first-order valence-corrected chi connectivity index (χ1v) is 9.25. The number of fused-ring (bicyclic) bond motifs is 1. The van der Waals surface area contributed by atoms with Crippen LogP contribution in [0.4, 0.5) is 0 Å². The lowest BCUT2D eigenvalue weighted by Crippen LogP contribution is -2.39. The van der Waals surface area contributed by atoms with Crippen molar-refractivity contribution in [2.45, 2.75) is 90.3 Å². The standard InChI is InChI=1S/C17H31IO2/c1-16(2,20-18)11-5-4-7-13-9-10-14-15(19)8-6-12-17(13,14)3/h13-15,19H,4-12H2,1-3H3. The Morgan fingerprint density at radius 3 is 2.70 bits per heavy atom. The average Bonchev–Trinajstić information content (AvgIpc) is 2.73.